The largest absolute Gasteiger partial charge is 0.508 e. The average Bonchev–Trinajstić information content (AvgIpc) is 3.43. The monoisotopic (exact) mass is 402 g/mol. The molecule has 4 rings (SSSR count). The van der Waals surface area contributed by atoms with Crippen LogP contribution in [-0.4, -0.2) is 29.0 Å². The number of rotatable bonds is 5. The maximum Gasteiger partial charge on any atom is 0.224 e. The van der Waals surface area contributed by atoms with Crippen molar-refractivity contribution in [3.05, 3.63) is 59.3 Å². The molecule has 1 aliphatic heterocycles. The molecule has 0 bridgehead atoms. The molecule has 0 saturated heterocycles. The Balaban J connectivity index is 1.72. The molecule has 0 unspecified atom stereocenters. The predicted molar refractivity (Wildman–Crippen MR) is 118 cm³/mol. The average molecular weight is 402 g/mol. The zero-order valence-electron chi connectivity index (χ0n) is 17.4. The first-order valence-electron chi connectivity index (χ1n) is 10.3. The Bertz CT molecular complexity index is 1050. The summed E-state index contributed by atoms with van der Waals surface area (Å²) in [7, 11) is 1.53. The number of nitriles is 1. The molecule has 1 aromatic carbocycles. The molecule has 1 aliphatic carbocycles. The van der Waals surface area contributed by atoms with E-state index in [1.54, 1.807) is 6.07 Å². The molecule has 0 radical (unpaired) electrons. The number of aliphatic hydroxyl groups excluding tert-OH is 1. The Kier molecular flexibility index (Phi) is 5.45. The topological polar surface area (TPSA) is 81.7 Å². The zero-order valence-corrected chi connectivity index (χ0v) is 17.4. The lowest BCUT2D eigenvalue weighted by molar-refractivity contribution is 0.391. The minimum atomic E-state index is -0.0715. The molecule has 6 heteroatoms. The van der Waals surface area contributed by atoms with Crippen LogP contribution in [0.5, 0.6) is 5.88 Å². The first-order chi connectivity index (χ1) is 14.5. The second-order valence-electron chi connectivity index (χ2n) is 8.02. The Morgan fingerprint density at radius 1 is 1.27 bits per heavy atom. The van der Waals surface area contributed by atoms with Gasteiger partial charge in [-0.1, -0.05) is 19.4 Å². The van der Waals surface area contributed by atoms with E-state index in [-0.39, 0.29) is 11.8 Å². The zero-order chi connectivity index (χ0) is 21.3. The number of aromatic nitrogens is 1. The number of hydrogen-bond acceptors (Lipinski definition) is 6. The van der Waals surface area contributed by atoms with Crippen molar-refractivity contribution in [3.63, 3.8) is 0 Å². The number of hydrogen-bond donors (Lipinski definition) is 1. The molecule has 2 heterocycles. The summed E-state index contributed by atoms with van der Waals surface area (Å²) in [6, 6.07) is 12.0. The van der Waals surface area contributed by atoms with Crippen LogP contribution in [0.2, 0.25) is 0 Å². The lowest BCUT2D eigenvalue weighted by Gasteiger charge is -2.28. The SMILES string of the molecule is C=C(O)c1ccc(C2=NN(c3ccc(C#N)c(C)c3)[C@@H](C3CCCC3)C2)nc1OC. The van der Waals surface area contributed by atoms with E-state index in [9.17, 15) is 10.4 Å². The second kappa shape index (κ2) is 8.19. The van der Waals surface area contributed by atoms with E-state index in [1.807, 2.05) is 31.2 Å². The van der Waals surface area contributed by atoms with Crippen LogP contribution in [0.3, 0.4) is 0 Å². The Morgan fingerprint density at radius 3 is 2.67 bits per heavy atom. The third-order valence-corrected chi connectivity index (χ3v) is 6.14. The summed E-state index contributed by atoms with van der Waals surface area (Å²) in [4.78, 5) is 4.58. The maximum atomic E-state index is 9.76. The number of anilines is 1. The van der Waals surface area contributed by atoms with Crippen LogP contribution in [0.4, 0.5) is 5.69 Å². The van der Waals surface area contributed by atoms with Crippen LogP contribution in [0.1, 0.15) is 54.5 Å². The van der Waals surface area contributed by atoms with Crippen molar-refractivity contribution in [1.82, 2.24) is 4.98 Å². The normalized spacial score (nSPS) is 18.9. The number of nitrogens with zero attached hydrogens (tertiary/aromatic N) is 4. The standard InChI is InChI=1S/C24H26N4O2/c1-15-12-19(9-8-18(15)14-25)28-23(17-6-4-5-7-17)13-22(27-28)21-11-10-20(16(2)29)24(26-21)30-3/h8-12,17,23,29H,2,4-7,13H2,1,3H3/t23-/m1/s1. The van der Waals surface area contributed by atoms with Crippen molar-refractivity contribution in [2.75, 3.05) is 12.1 Å². The number of pyridine rings is 1. The molecular formula is C24H26N4O2. The number of aryl methyl sites for hydroxylation is 1. The first kappa shape index (κ1) is 20.0. The van der Waals surface area contributed by atoms with Gasteiger partial charge in [0, 0.05) is 6.42 Å². The Hall–Kier alpha value is -3.33. The maximum absolute atomic E-state index is 9.76. The minimum absolute atomic E-state index is 0.0715. The number of ether oxygens (including phenoxy) is 1. The van der Waals surface area contributed by atoms with E-state index < -0.39 is 0 Å². The van der Waals surface area contributed by atoms with Gasteiger partial charge in [0.1, 0.15) is 5.76 Å². The van der Waals surface area contributed by atoms with Gasteiger partial charge >= 0.3 is 0 Å². The molecule has 1 fully saturated rings. The van der Waals surface area contributed by atoms with Gasteiger partial charge < -0.3 is 9.84 Å². The predicted octanol–water partition coefficient (Wildman–Crippen LogP) is 4.97. The lowest BCUT2D eigenvalue weighted by atomic mass is 9.92. The van der Waals surface area contributed by atoms with Gasteiger partial charge in [-0.25, -0.2) is 4.98 Å². The van der Waals surface area contributed by atoms with Crippen molar-refractivity contribution in [2.45, 2.75) is 45.1 Å². The van der Waals surface area contributed by atoms with E-state index in [1.165, 1.54) is 32.8 Å². The molecule has 6 nitrogen and oxygen atoms in total. The van der Waals surface area contributed by atoms with E-state index in [0.29, 0.717) is 22.9 Å². The highest BCUT2D eigenvalue weighted by molar-refractivity contribution is 6.02. The van der Waals surface area contributed by atoms with Crippen LogP contribution >= 0.6 is 0 Å². The van der Waals surface area contributed by atoms with Gasteiger partial charge in [-0.3, -0.25) is 5.01 Å². The molecule has 1 saturated carbocycles. The highest BCUT2D eigenvalue weighted by atomic mass is 16.5. The Labute approximate surface area is 177 Å². The lowest BCUT2D eigenvalue weighted by Crippen LogP contribution is -2.32. The van der Waals surface area contributed by atoms with Gasteiger partial charge in [0.2, 0.25) is 5.88 Å². The second-order valence-corrected chi connectivity index (χ2v) is 8.02. The number of hydrazone groups is 1. The van der Waals surface area contributed by atoms with Crippen LogP contribution in [0.25, 0.3) is 5.76 Å². The van der Waals surface area contributed by atoms with Crippen molar-refractivity contribution in [2.24, 2.45) is 11.0 Å². The molecule has 2 aromatic rings. The minimum Gasteiger partial charge on any atom is -0.508 e. The molecule has 0 amide bonds. The number of methoxy groups -OCH3 is 1. The summed E-state index contributed by atoms with van der Waals surface area (Å²) >= 11 is 0. The van der Waals surface area contributed by atoms with E-state index in [2.05, 4.69) is 22.6 Å². The van der Waals surface area contributed by atoms with Gasteiger partial charge in [-0.2, -0.15) is 10.4 Å². The summed E-state index contributed by atoms with van der Waals surface area (Å²) in [5.74, 6) is 0.853. The molecule has 1 N–H and O–H groups in total. The fraction of sp³-hybridized carbons (Fsp3) is 0.375. The van der Waals surface area contributed by atoms with Gasteiger partial charge in [0.25, 0.3) is 0 Å². The Morgan fingerprint density at radius 2 is 2.03 bits per heavy atom. The highest BCUT2D eigenvalue weighted by Crippen LogP contribution is 2.38. The molecule has 154 valence electrons. The fourth-order valence-electron chi connectivity index (χ4n) is 4.54. The van der Waals surface area contributed by atoms with Crippen LogP contribution in [0.15, 0.2) is 42.0 Å². The van der Waals surface area contributed by atoms with Crippen molar-refractivity contribution in [1.29, 1.82) is 5.26 Å². The first-order valence-corrected chi connectivity index (χ1v) is 10.3. The molecular weight excluding hydrogens is 376 g/mol. The number of aliphatic hydroxyl groups is 1. The van der Waals surface area contributed by atoms with Gasteiger partial charge in [0.15, 0.2) is 0 Å². The molecule has 30 heavy (non-hydrogen) atoms. The van der Waals surface area contributed by atoms with Crippen molar-refractivity contribution >= 4 is 17.2 Å². The summed E-state index contributed by atoms with van der Waals surface area (Å²) < 4.78 is 5.36. The van der Waals surface area contributed by atoms with Gasteiger partial charge in [-0.05, 0) is 61.6 Å². The fourth-order valence-corrected chi connectivity index (χ4v) is 4.54. The summed E-state index contributed by atoms with van der Waals surface area (Å²) in [5.41, 5.74) is 4.77. The van der Waals surface area contributed by atoms with Crippen LogP contribution in [0, 0.1) is 24.2 Å². The third kappa shape index (κ3) is 3.63. The van der Waals surface area contributed by atoms with Crippen molar-refractivity contribution in [3.8, 4) is 11.9 Å². The molecule has 2 aliphatic rings. The van der Waals surface area contributed by atoms with E-state index >= 15 is 0 Å². The quantitative estimate of drug-likeness (QED) is 0.714. The van der Waals surface area contributed by atoms with Gasteiger partial charge in [-0.15, -0.1) is 0 Å². The third-order valence-electron chi connectivity index (χ3n) is 6.14. The summed E-state index contributed by atoms with van der Waals surface area (Å²) in [5, 5.41) is 26.1. The summed E-state index contributed by atoms with van der Waals surface area (Å²) in [6.45, 7) is 5.53. The van der Waals surface area contributed by atoms with Crippen LogP contribution in [-0.2, 0) is 0 Å². The molecule has 0 spiro atoms. The molecule has 1 aromatic heterocycles. The number of benzene rings is 1. The summed E-state index contributed by atoms with van der Waals surface area (Å²) in [6.07, 6.45) is 5.74. The van der Waals surface area contributed by atoms with Crippen molar-refractivity contribution < 1.29 is 9.84 Å². The van der Waals surface area contributed by atoms with Gasteiger partial charge in [0.05, 0.1) is 47.4 Å². The van der Waals surface area contributed by atoms with E-state index in [4.69, 9.17) is 9.84 Å². The van der Waals surface area contributed by atoms with Crippen LogP contribution < -0.4 is 9.75 Å². The molecule has 1 atom stereocenters. The smallest absolute Gasteiger partial charge is 0.224 e. The highest BCUT2D eigenvalue weighted by Gasteiger charge is 2.36. The van der Waals surface area contributed by atoms with E-state index in [0.717, 1.165) is 29.1 Å².